The molecule has 0 aromatic heterocycles. The maximum absolute atomic E-state index is 15.2. The van der Waals surface area contributed by atoms with Crippen molar-refractivity contribution in [1.82, 2.24) is 16.0 Å². The summed E-state index contributed by atoms with van der Waals surface area (Å²) in [6.07, 6.45) is -41.2. The molecule has 2 unspecified atom stereocenters. The lowest BCUT2D eigenvalue weighted by Crippen LogP contribution is -2.72. The first-order valence-electron chi connectivity index (χ1n) is 35.6. The van der Waals surface area contributed by atoms with Crippen LogP contribution in [0.4, 0.5) is 17.6 Å². The highest BCUT2D eigenvalue weighted by Crippen LogP contribution is 2.42. The summed E-state index contributed by atoms with van der Waals surface area (Å²) in [6, 6.07) is -4.62. The molecule has 5 aliphatic rings. The van der Waals surface area contributed by atoms with Crippen molar-refractivity contribution in [3.63, 3.8) is 0 Å². The number of nitrogens with one attached hydrogen (secondary N) is 3. The second-order valence-corrected chi connectivity index (χ2v) is 27.6. The Morgan fingerprint density at radius 3 is 1.65 bits per heavy atom. The fourth-order valence-corrected chi connectivity index (χ4v) is 13.5. The highest BCUT2D eigenvalue weighted by Gasteiger charge is 2.62. The van der Waals surface area contributed by atoms with Gasteiger partial charge >= 0.3 is 12.1 Å². The number of hydrogen-bond donors (Lipinski definition) is 20. The van der Waals surface area contributed by atoms with Crippen LogP contribution in [0, 0.1) is 5.82 Å². The molecule has 39 heteroatoms. The number of amides is 3. The van der Waals surface area contributed by atoms with Gasteiger partial charge in [-0.2, -0.15) is 13.2 Å². The van der Waals surface area contributed by atoms with E-state index in [-0.39, 0.29) is 6.42 Å². The minimum Gasteiger partial charge on any atom is -0.477 e. The molecule has 0 spiro atoms. The van der Waals surface area contributed by atoms with Gasteiger partial charge in [0.15, 0.2) is 25.2 Å². The molecule has 1 aromatic carbocycles. The molecular formula is C67H106ClF4N3O31. The van der Waals surface area contributed by atoms with Crippen molar-refractivity contribution in [2.75, 3.05) is 39.6 Å². The summed E-state index contributed by atoms with van der Waals surface area (Å²) >= 11 is 5.80. The topological polar surface area (TPSA) is 541 Å². The van der Waals surface area contributed by atoms with Gasteiger partial charge in [0.1, 0.15) is 122 Å². The van der Waals surface area contributed by atoms with Crippen molar-refractivity contribution >= 4 is 41.4 Å². The first-order valence-corrected chi connectivity index (χ1v) is 36.0. The summed E-state index contributed by atoms with van der Waals surface area (Å²) < 4.78 is 116. The minimum atomic E-state index is -4.98. The zero-order chi connectivity index (χ0) is 78.5. The maximum Gasteiger partial charge on any atom is 0.416 e. The average Bonchev–Trinajstić information content (AvgIpc) is 0.746. The largest absolute Gasteiger partial charge is 0.477 e. The first-order chi connectivity index (χ1) is 50.2. The molecule has 106 heavy (non-hydrogen) atoms. The number of ether oxygens (including phenoxy) is 10. The quantitative estimate of drug-likeness (QED) is 0.0233. The van der Waals surface area contributed by atoms with Crippen LogP contribution in [-0.2, 0) is 72.7 Å². The molecule has 20 N–H and O–H groups in total. The van der Waals surface area contributed by atoms with Gasteiger partial charge in [0.2, 0.25) is 17.7 Å². The molecule has 3 amide bonds. The lowest BCUT2D eigenvalue weighted by molar-refractivity contribution is -0.403. The molecule has 5 fully saturated rings. The molecule has 34 nitrogen and oxygen atoms in total. The second kappa shape index (κ2) is 43.0. The number of aliphatic hydroxyl groups excluding tert-OH is 16. The van der Waals surface area contributed by atoms with Gasteiger partial charge < -0.3 is 150 Å². The number of carboxylic acids is 1. The number of carbonyl (C=O) groups excluding carboxylic acids is 3. The summed E-state index contributed by atoms with van der Waals surface area (Å²) in [5, 5.41) is 195. The standard InChI is InChI=1S/C67H106ClF4N3O31/c1-4-5-6-7-8-9-10-11-12-13-14-15-16-17-18-19-44(86)75-36(37(83)21-20-33-22-34(67(70,71)72)23-35(68)45(33)69)30-97-62-54(93)52(91)56(42(28-79)100-62)102-64-55(94)60(106-66(65(95)96)24-38(84)46(73-31(2)81)59(105-66)48(87)39(85)25-76)57(43(29-80)101-64)103-61-47(74-32(3)82)58(50(89)41(27-78)98-61)104-63-53(92)51(90)49(88)40(26-77)99-63/h20-23,36-43,46-64,76-80,83-85,87-94H,4-19,24-30H2,1-3H3,(H,73,81)(H,74,82)(H,75,86)(H,95,96)/b21-20+/t36-,37+,38-,39+,40+,41+,42+,43+,46?,47+,48+,49-,50-,51-,52+,53+,54+,55+,56+,57-,58+,59?,60+,61-,62+,63-,64-,66-/m0/s1. The molecular weight excluding hydrogens is 1450 g/mol. The molecule has 5 aliphatic heterocycles. The number of unbranched alkanes of at least 4 members (excludes halogenated alkanes) is 14. The zero-order valence-corrected chi connectivity index (χ0v) is 59.6. The van der Waals surface area contributed by atoms with Crippen molar-refractivity contribution in [1.29, 1.82) is 0 Å². The number of rotatable bonds is 41. The number of aliphatic carboxylic acids is 1. The van der Waals surface area contributed by atoms with E-state index in [1.165, 1.54) is 44.9 Å². The molecule has 0 saturated carbocycles. The SMILES string of the molecule is CCCCCCCCCCCCCCCCCC(=O)N[C@@H](CO[C@@H]1O[C@H](CO)[C@@H](O[C@@H]2O[C@H](CO)[C@H](O[C@@H]3O[C@H](CO)[C@H](O)[C@H](O[C@@H]4O[C@H](CO)[C@H](O)[C@H](O)[C@H]4O)[C@H]3NC(C)=O)[C@H](O[C@]3(C(=O)O)C[C@H](O)C(NC(C)=O)C([C@H](O)[C@H](O)CO)O3)[C@H]2O)[C@H](O)[C@H]1O)[C@H](O)/C=C/c1cc(C(F)(F)F)cc(Cl)c1F. The molecule has 0 radical (unpaired) electrons. The Kier molecular flexibility index (Phi) is 36.8. The third-order valence-electron chi connectivity index (χ3n) is 19.1. The van der Waals surface area contributed by atoms with Gasteiger partial charge in [0.25, 0.3) is 5.79 Å². The lowest BCUT2D eigenvalue weighted by atomic mass is 9.88. The summed E-state index contributed by atoms with van der Waals surface area (Å²) in [5.74, 6) is -9.52. The van der Waals surface area contributed by atoms with Gasteiger partial charge in [-0.05, 0) is 18.6 Å². The van der Waals surface area contributed by atoms with Crippen LogP contribution in [0.2, 0.25) is 5.02 Å². The molecule has 610 valence electrons. The summed E-state index contributed by atoms with van der Waals surface area (Å²) in [5.41, 5.74) is -2.06. The summed E-state index contributed by atoms with van der Waals surface area (Å²) in [7, 11) is 0. The van der Waals surface area contributed by atoms with Crippen LogP contribution in [0.25, 0.3) is 6.08 Å². The Bertz CT molecular complexity index is 2890. The Morgan fingerprint density at radius 2 is 1.10 bits per heavy atom. The van der Waals surface area contributed by atoms with E-state index in [0.717, 1.165) is 64.5 Å². The minimum absolute atomic E-state index is 0.102. The number of alkyl halides is 3. The van der Waals surface area contributed by atoms with E-state index in [1.54, 1.807) is 0 Å². The summed E-state index contributed by atoms with van der Waals surface area (Å²) in [6.45, 7) is -2.72. The van der Waals surface area contributed by atoms with Crippen LogP contribution in [0.5, 0.6) is 0 Å². The van der Waals surface area contributed by atoms with E-state index in [2.05, 4.69) is 22.9 Å². The third kappa shape index (κ3) is 24.4. The van der Waals surface area contributed by atoms with Crippen LogP contribution in [-0.4, -0.2) is 321 Å². The van der Waals surface area contributed by atoms with E-state index in [4.69, 9.17) is 59.0 Å². The van der Waals surface area contributed by atoms with Gasteiger partial charge in [0.05, 0.1) is 74.5 Å². The number of carbonyl (C=O) groups is 4. The fraction of sp³-hybridized carbons (Fsp3) is 0.821. The van der Waals surface area contributed by atoms with Gasteiger partial charge in [-0.15, -0.1) is 0 Å². The normalized spacial score (nSPS) is 35.0. The van der Waals surface area contributed by atoms with E-state index >= 15 is 4.39 Å². The molecule has 0 bridgehead atoms. The smallest absolute Gasteiger partial charge is 0.416 e. The number of carboxylic acid groups (broad SMARTS) is 1. The summed E-state index contributed by atoms with van der Waals surface area (Å²) in [4.78, 5) is 52.8. The maximum atomic E-state index is 15.2. The molecule has 6 rings (SSSR count). The molecule has 5 saturated heterocycles. The van der Waals surface area contributed by atoms with Crippen molar-refractivity contribution in [2.45, 2.75) is 307 Å². The number of benzene rings is 1. The highest BCUT2D eigenvalue weighted by atomic mass is 35.5. The van der Waals surface area contributed by atoms with Crippen LogP contribution >= 0.6 is 11.6 Å². The Morgan fingerprint density at radius 1 is 0.613 bits per heavy atom. The Balaban J connectivity index is 1.28. The predicted octanol–water partition coefficient (Wildman–Crippen LogP) is -2.78. The van der Waals surface area contributed by atoms with Crippen molar-refractivity contribution in [2.24, 2.45) is 0 Å². The van der Waals surface area contributed by atoms with E-state index in [1.807, 2.05) is 0 Å². The molecule has 28 atom stereocenters. The van der Waals surface area contributed by atoms with Crippen molar-refractivity contribution in [3.8, 4) is 0 Å². The number of halogens is 5. The third-order valence-corrected chi connectivity index (χ3v) is 19.4. The van der Waals surface area contributed by atoms with Crippen LogP contribution in [0.1, 0.15) is 141 Å². The lowest BCUT2D eigenvalue weighted by Gasteiger charge is -2.52. The van der Waals surface area contributed by atoms with Crippen molar-refractivity contribution in [3.05, 3.63) is 40.2 Å². The Labute approximate surface area is 613 Å². The molecule has 5 heterocycles. The fourth-order valence-electron chi connectivity index (χ4n) is 13.2. The number of aliphatic hydroxyl groups is 16. The van der Waals surface area contributed by atoms with E-state index < -0.39 is 269 Å². The van der Waals surface area contributed by atoms with Crippen LogP contribution in [0.15, 0.2) is 18.2 Å². The van der Waals surface area contributed by atoms with Gasteiger partial charge in [0, 0.05) is 32.3 Å². The van der Waals surface area contributed by atoms with Gasteiger partial charge in [-0.25, -0.2) is 9.18 Å². The van der Waals surface area contributed by atoms with E-state index in [9.17, 15) is 119 Å². The molecule has 1 aromatic rings. The number of hydrogen-bond acceptors (Lipinski definition) is 30. The molecule has 0 aliphatic carbocycles. The van der Waals surface area contributed by atoms with Crippen LogP contribution in [0.3, 0.4) is 0 Å². The van der Waals surface area contributed by atoms with Gasteiger partial charge in [-0.3, -0.25) is 14.4 Å². The van der Waals surface area contributed by atoms with E-state index in [0.29, 0.717) is 25.0 Å². The average molecular weight is 1560 g/mol. The predicted molar refractivity (Wildman–Crippen MR) is 354 cm³/mol. The second-order valence-electron chi connectivity index (χ2n) is 27.2. The monoisotopic (exact) mass is 1560 g/mol. The van der Waals surface area contributed by atoms with Crippen molar-refractivity contribution < 1.29 is 171 Å². The zero-order valence-electron chi connectivity index (χ0n) is 58.9. The van der Waals surface area contributed by atoms with Crippen LogP contribution < -0.4 is 16.0 Å². The Hall–Kier alpha value is -4.19. The first kappa shape index (κ1) is 90.7. The van der Waals surface area contributed by atoms with Gasteiger partial charge in [-0.1, -0.05) is 121 Å². The highest BCUT2D eigenvalue weighted by molar-refractivity contribution is 6.31.